The number of hydrogen-bond acceptors (Lipinski definition) is 6. The summed E-state index contributed by atoms with van der Waals surface area (Å²) in [7, 11) is 1.69. The van der Waals surface area contributed by atoms with Gasteiger partial charge in [-0.2, -0.15) is 0 Å². The summed E-state index contributed by atoms with van der Waals surface area (Å²) in [5, 5.41) is 3.66. The molecule has 1 aromatic carbocycles. The Morgan fingerprint density at radius 1 is 1.32 bits per heavy atom. The molecule has 1 N–H and O–H groups in total. The van der Waals surface area contributed by atoms with E-state index in [1.54, 1.807) is 12.0 Å². The first-order chi connectivity index (χ1) is 13.4. The van der Waals surface area contributed by atoms with Gasteiger partial charge >= 0.3 is 6.09 Å². The summed E-state index contributed by atoms with van der Waals surface area (Å²) in [6.45, 7) is 8.08. The van der Waals surface area contributed by atoms with E-state index in [9.17, 15) is 4.79 Å². The summed E-state index contributed by atoms with van der Waals surface area (Å²) in [5.74, 6) is 0.308. The van der Waals surface area contributed by atoms with Crippen molar-refractivity contribution in [3.63, 3.8) is 0 Å². The van der Waals surface area contributed by atoms with E-state index in [1.165, 1.54) is 0 Å². The average molecular weight is 392 g/mol. The Bertz CT molecular complexity index is 671. The first kappa shape index (κ1) is 20.7. The molecular formula is C21H32N2O5. The summed E-state index contributed by atoms with van der Waals surface area (Å²) in [4.78, 5) is 13.7. The second-order valence-corrected chi connectivity index (χ2v) is 7.75. The fraction of sp³-hybridized carbons (Fsp3) is 0.667. The van der Waals surface area contributed by atoms with Crippen molar-refractivity contribution >= 4 is 11.8 Å². The third-order valence-corrected chi connectivity index (χ3v) is 5.23. The van der Waals surface area contributed by atoms with Crippen molar-refractivity contribution in [3.05, 3.63) is 23.8 Å². The van der Waals surface area contributed by atoms with E-state index in [1.807, 2.05) is 32.9 Å². The Kier molecular flexibility index (Phi) is 6.67. The molecule has 0 aliphatic carbocycles. The third-order valence-electron chi connectivity index (χ3n) is 5.23. The van der Waals surface area contributed by atoms with Crippen molar-refractivity contribution < 1.29 is 23.7 Å². The van der Waals surface area contributed by atoms with Crippen molar-refractivity contribution in [1.82, 2.24) is 4.90 Å². The summed E-state index contributed by atoms with van der Waals surface area (Å²) < 4.78 is 22.4. The minimum absolute atomic E-state index is 0.00230. The van der Waals surface area contributed by atoms with Gasteiger partial charge in [-0.3, -0.25) is 0 Å². The minimum atomic E-state index is -0.541. The number of methoxy groups -OCH3 is 1. The van der Waals surface area contributed by atoms with Crippen LogP contribution in [-0.2, 0) is 20.6 Å². The maximum Gasteiger partial charge on any atom is 0.409 e. The molecule has 1 aromatic rings. The number of likely N-dealkylation sites (tertiary alicyclic amines) is 1. The van der Waals surface area contributed by atoms with Crippen molar-refractivity contribution in [2.24, 2.45) is 0 Å². The van der Waals surface area contributed by atoms with Crippen LogP contribution in [0.5, 0.6) is 5.75 Å². The van der Waals surface area contributed by atoms with E-state index < -0.39 is 5.79 Å². The van der Waals surface area contributed by atoms with E-state index in [0.717, 1.165) is 36.3 Å². The number of nitrogens with zero attached hydrogens (tertiary/aromatic N) is 1. The molecule has 28 heavy (non-hydrogen) atoms. The van der Waals surface area contributed by atoms with Gasteiger partial charge < -0.3 is 29.2 Å². The smallest absolute Gasteiger partial charge is 0.409 e. The van der Waals surface area contributed by atoms with Gasteiger partial charge in [0.25, 0.3) is 0 Å². The largest absolute Gasteiger partial charge is 0.496 e. The molecule has 0 spiro atoms. The molecule has 2 saturated heterocycles. The van der Waals surface area contributed by atoms with E-state index in [4.69, 9.17) is 18.9 Å². The number of piperidine rings is 1. The summed E-state index contributed by atoms with van der Waals surface area (Å²) >= 11 is 0. The minimum Gasteiger partial charge on any atom is -0.496 e. The molecule has 0 bridgehead atoms. The Hall–Kier alpha value is -1.99. The van der Waals surface area contributed by atoms with Gasteiger partial charge in [-0.25, -0.2) is 4.79 Å². The third kappa shape index (κ3) is 5.08. The molecule has 7 heteroatoms. The summed E-state index contributed by atoms with van der Waals surface area (Å²) in [6, 6.07) is 6.35. The number of rotatable bonds is 6. The van der Waals surface area contributed by atoms with E-state index in [2.05, 4.69) is 11.4 Å². The SMILES string of the molecule is CCOC(=O)N1CCC(Nc2cccc(OC)c2CC2COC(C)(C)O2)CC1. The van der Waals surface area contributed by atoms with E-state index >= 15 is 0 Å². The van der Waals surface area contributed by atoms with Gasteiger partial charge in [0.2, 0.25) is 0 Å². The average Bonchev–Trinajstić information content (AvgIpc) is 3.02. The number of carbonyl (C=O) groups excluding carboxylic acids is 1. The van der Waals surface area contributed by atoms with Gasteiger partial charge in [0, 0.05) is 36.8 Å². The number of carbonyl (C=O) groups is 1. The van der Waals surface area contributed by atoms with Crippen molar-refractivity contribution in [2.45, 2.75) is 58.0 Å². The molecule has 2 fully saturated rings. The molecule has 0 radical (unpaired) electrons. The maximum absolute atomic E-state index is 11.9. The van der Waals surface area contributed by atoms with Crippen molar-refractivity contribution in [2.75, 3.05) is 38.7 Å². The Morgan fingerprint density at radius 2 is 2.07 bits per heavy atom. The van der Waals surface area contributed by atoms with Gasteiger partial charge in [-0.05, 0) is 45.7 Å². The molecular weight excluding hydrogens is 360 g/mol. The van der Waals surface area contributed by atoms with Crippen LogP contribution in [0.25, 0.3) is 0 Å². The summed E-state index contributed by atoms with van der Waals surface area (Å²) in [6.07, 6.45) is 2.26. The second kappa shape index (κ2) is 9.01. The summed E-state index contributed by atoms with van der Waals surface area (Å²) in [5.41, 5.74) is 2.16. The zero-order valence-corrected chi connectivity index (χ0v) is 17.3. The van der Waals surface area contributed by atoms with Crippen LogP contribution in [0, 0.1) is 0 Å². The maximum atomic E-state index is 11.9. The van der Waals surface area contributed by atoms with Crippen LogP contribution in [0.15, 0.2) is 18.2 Å². The Balaban J connectivity index is 1.65. The lowest BCUT2D eigenvalue weighted by molar-refractivity contribution is -0.138. The van der Waals surface area contributed by atoms with Crippen molar-refractivity contribution in [3.8, 4) is 5.75 Å². The Labute approximate surface area is 167 Å². The van der Waals surface area contributed by atoms with Crippen LogP contribution in [0.4, 0.5) is 10.5 Å². The second-order valence-electron chi connectivity index (χ2n) is 7.75. The lowest BCUT2D eigenvalue weighted by Gasteiger charge is -2.32. The van der Waals surface area contributed by atoms with Crippen LogP contribution in [0.2, 0.25) is 0 Å². The fourth-order valence-corrected chi connectivity index (χ4v) is 3.84. The Morgan fingerprint density at radius 3 is 2.68 bits per heavy atom. The standard InChI is InChI=1S/C21H32N2O5/c1-5-26-20(24)23-11-9-15(10-12-23)22-18-7-6-8-19(25-4)17(18)13-16-14-27-21(2,3)28-16/h6-8,15-16,22H,5,9-14H2,1-4H3. The van der Waals surface area contributed by atoms with Gasteiger partial charge in [-0.1, -0.05) is 6.07 Å². The first-order valence-electron chi connectivity index (χ1n) is 10.1. The monoisotopic (exact) mass is 392 g/mol. The molecule has 2 aliphatic rings. The van der Waals surface area contributed by atoms with Crippen LogP contribution in [0.3, 0.4) is 0 Å². The van der Waals surface area contributed by atoms with Crippen molar-refractivity contribution in [1.29, 1.82) is 0 Å². The lowest BCUT2D eigenvalue weighted by atomic mass is 10.0. The molecule has 7 nitrogen and oxygen atoms in total. The van der Waals surface area contributed by atoms with Crippen LogP contribution in [-0.4, -0.2) is 62.3 Å². The van der Waals surface area contributed by atoms with Crippen LogP contribution >= 0.6 is 0 Å². The zero-order valence-electron chi connectivity index (χ0n) is 17.3. The predicted octanol–water partition coefficient (Wildman–Crippen LogP) is 3.42. The van der Waals surface area contributed by atoms with Gasteiger partial charge in [0.1, 0.15) is 5.75 Å². The van der Waals surface area contributed by atoms with Gasteiger partial charge in [-0.15, -0.1) is 0 Å². The number of hydrogen-bond donors (Lipinski definition) is 1. The fourth-order valence-electron chi connectivity index (χ4n) is 3.84. The molecule has 3 rings (SSSR count). The number of amides is 1. The lowest BCUT2D eigenvalue weighted by Crippen LogP contribution is -2.42. The quantitative estimate of drug-likeness (QED) is 0.800. The van der Waals surface area contributed by atoms with E-state index in [-0.39, 0.29) is 12.2 Å². The molecule has 1 amide bonds. The molecule has 2 heterocycles. The number of anilines is 1. The molecule has 156 valence electrons. The molecule has 1 unspecified atom stereocenters. The van der Waals surface area contributed by atoms with Gasteiger partial charge in [0.05, 0.1) is 26.4 Å². The highest BCUT2D eigenvalue weighted by Crippen LogP contribution is 2.33. The number of benzene rings is 1. The molecule has 0 aromatic heterocycles. The highest BCUT2D eigenvalue weighted by molar-refractivity contribution is 5.67. The molecule has 1 atom stereocenters. The van der Waals surface area contributed by atoms with E-state index in [0.29, 0.717) is 32.3 Å². The van der Waals surface area contributed by atoms with Crippen LogP contribution in [0.1, 0.15) is 39.2 Å². The number of ether oxygens (including phenoxy) is 4. The highest BCUT2D eigenvalue weighted by atomic mass is 16.7. The van der Waals surface area contributed by atoms with Crippen LogP contribution < -0.4 is 10.1 Å². The first-order valence-corrected chi connectivity index (χ1v) is 10.1. The molecule has 0 saturated carbocycles. The zero-order chi connectivity index (χ0) is 20.1. The topological polar surface area (TPSA) is 69.3 Å². The molecule has 2 aliphatic heterocycles. The normalized spacial score (nSPS) is 22.1. The number of nitrogens with one attached hydrogen (secondary N) is 1. The van der Waals surface area contributed by atoms with Gasteiger partial charge in [0.15, 0.2) is 5.79 Å². The predicted molar refractivity (Wildman–Crippen MR) is 107 cm³/mol. The highest BCUT2D eigenvalue weighted by Gasteiger charge is 2.34.